The quantitative estimate of drug-likeness (QED) is 0.736. The number of phenolic OH excluding ortho intramolecular Hbond substituents is 1. The summed E-state index contributed by atoms with van der Waals surface area (Å²) in [5, 5.41) is 10.9. The van der Waals surface area contributed by atoms with Crippen molar-refractivity contribution in [1.82, 2.24) is 4.90 Å². The Bertz CT molecular complexity index is 866. The van der Waals surface area contributed by atoms with Crippen molar-refractivity contribution in [3.05, 3.63) is 41.0 Å². The van der Waals surface area contributed by atoms with Gasteiger partial charge in [0.25, 0.3) is 0 Å². The minimum Gasteiger partial charge on any atom is -0.504 e. The summed E-state index contributed by atoms with van der Waals surface area (Å²) in [5.74, 6) is 2.00. The third-order valence-corrected chi connectivity index (χ3v) is 5.15. The maximum atomic E-state index is 11.7. The highest BCUT2D eigenvalue weighted by Gasteiger charge is 2.32. The topological polar surface area (TPSA) is 77.5 Å². The first-order valence-corrected chi connectivity index (χ1v) is 8.96. The molecule has 1 unspecified atom stereocenters. The number of carbonyl (C=O) groups excluding carboxylic acids is 1. The van der Waals surface area contributed by atoms with Gasteiger partial charge in [-0.15, -0.1) is 0 Å². The molecular formula is C21H25NO6. The van der Waals surface area contributed by atoms with E-state index in [9.17, 15) is 9.90 Å². The normalized spacial score (nSPS) is 15.6. The standard InChI is InChI=1S/C21H25NO6/c1-25-16-6-5-13(10-17(16)26-2)9-15-19-14(7-8-22(15)12-23)11-18(27-3)21(28-4)20(19)24/h5-6,10-12,15,24H,7-9H2,1-4H3. The summed E-state index contributed by atoms with van der Waals surface area (Å²) in [6, 6.07) is 7.18. The summed E-state index contributed by atoms with van der Waals surface area (Å²) in [6.45, 7) is 0.559. The van der Waals surface area contributed by atoms with Crippen molar-refractivity contribution in [3.63, 3.8) is 0 Å². The van der Waals surface area contributed by atoms with E-state index in [0.29, 0.717) is 42.2 Å². The van der Waals surface area contributed by atoms with Crippen LogP contribution in [0.25, 0.3) is 0 Å². The molecule has 0 fully saturated rings. The number of carbonyl (C=O) groups is 1. The SMILES string of the molecule is COc1ccc(CC2c3c(cc(OC)c(OC)c3O)CCN2C=O)cc1OC. The fourth-order valence-corrected chi connectivity index (χ4v) is 3.77. The summed E-state index contributed by atoms with van der Waals surface area (Å²) >= 11 is 0. The predicted molar refractivity (Wildman–Crippen MR) is 104 cm³/mol. The molecule has 0 aromatic heterocycles. The van der Waals surface area contributed by atoms with Gasteiger partial charge in [-0.3, -0.25) is 4.79 Å². The summed E-state index contributed by atoms with van der Waals surface area (Å²) in [4.78, 5) is 13.4. The molecule has 0 bridgehead atoms. The van der Waals surface area contributed by atoms with Gasteiger partial charge in [0.05, 0.1) is 34.5 Å². The Balaban J connectivity index is 2.07. The Labute approximate surface area is 164 Å². The lowest BCUT2D eigenvalue weighted by atomic mass is 9.87. The number of hydrogen-bond acceptors (Lipinski definition) is 6. The van der Waals surface area contributed by atoms with E-state index in [2.05, 4.69) is 0 Å². The highest BCUT2D eigenvalue weighted by molar-refractivity contribution is 5.62. The van der Waals surface area contributed by atoms with Crippen LogP contribution >= 0.6 is 0 Å². The first-order chi connectivity index (χ1) is 13.6. The van der Waals surface area contributed by atoms with Crippen LogP contribution in [0.15, 0.2) is 24.3 Å². The summed E-state index contributed by atoms with van der Waals surface area (Å²) < 4.78 is 21.4. The van der Waals surface area contributed by atoms with Crippen LogP contribution in [0.1, 0.15) is 22.7 Å². The summed E-state index contributed by atoms with van der Waals surface area (Å²) in [6.07, 6.45) is 1.96. The van der Waals surface area contributed by atoms with Crippen LogP contribution in [-0.4, -0.2) is 51.4 Å². The molecule has 0 aliphatic carbocycles. The number of ether oxygens (including phenoxy) is 4. The molecule has 1 atom stereocenters. The number of rotatable bonds is 7. The number of phenols is 1. The molecular weight excluding hydrogens is 362 g/mol. The van der Waals surface area contributed by atoms with E-state index in [-0.39, 0.29) is 17.5 Å². The Morgan fingerprint density at radius 3 is 2.36 bits per heavy atom. The second kappa shape index (κ2) is 8.29. The molecule has 2 aromatic carbocycles. The number of amides is 1. The van der Waals surface area contributed by atoms with Crippen molar-refractivity contribution >= 4 is 6.41 Å². The average Bonchev–Trinajstić information content (AvgIpc) is 2.73. The van der Waals surface area contributed by atoms with Gasteiger partial charge in [-0.1, -0.05) is 6.07 Å². The van der Waals surface area contributed by atoms with Crippen LogP contribution in [0.2, 0.25) is 0 Å². The molecule has 1 N–H and O–H groups in total. The van der Waals surface area contributed by atoms with E-state index in [1.807, 2.05) is 24.3 Å². The van der Waals surface area contributed by atoms with Crippen molar-refractivity contribution in [2.45, 2.75) is 18.9 Å². The summed E-state index contributed by atoms with van der Waals surface area (Å²) in [7, 11) is 6.18. The maximum absolute atomic E-state index is 11.7. The fraction of sp³-hybridized carbons (Fsp3) is 0.381. The van der Waals surface area contributed by atoms with E-state index in [1.165, 1.54) is 14.2 Å². The maximum Gasteiger partial charge on any atom is 0.210 e. The number of hydrogen-bond donors (Lipinski definition) is 1. The Hall–Kier alpha value is -3.09. The fourth-order valence-electron chi connectivity index (χ4n) is 3.77. The molecule has 28 heavy (non-hydrogen) atoms. The first kappa shape index (κ1) is 19.7. The Morgan fingerprint density at radius 1 is 1.04 bits per heavy atom. The molecule has 150 valence electrons. The van der Waals surface area contributed by atoms with Gasteiger partial charge in [-0.2, -0.15) is 0 Å². The second-order valence-electron chi connectivity index (χ2n) is 6.54. The molecule has 1 amide bonds. The Kier molecular flexibility index (Phi) is 5.82. The third-order valence-electron chi connectivity index (χ3n) is 5.15. The molecule has 0 saturated carbocycles. The monoisotopic (exact) mass is 387 g/mol. The smallest absolute Gasteiger partial charge is 0.210 e. The number of fused-ring (bicyclic) bond motifs is 1. The van der Waals surface area contributed by atoms with E-state index < -0.39 is 0 Å². The minimum atomic E-state index is -0.334. The minimum absolute atomic E-state index is 0.00822. The first-order valence-electron chi connectivity index (χ1n) is 8.96. The molecule has 7 heteroatoms. The van der Waals surface area contributed by atoms with Crippen LogP contribution in [0, 0.1) is 0 Å². The zero-order valence-corrected chi connectivity index (χ0v) is 16.5. The second-order valence-corrected chi connectivity index (χ2v) is 6.54. The van der Waals surface area contributed by atoms with Gasteiger partial charge in [-0.25, -0.2) is 0 Å². The molecule has 0 radical (unpaired) electrons. The van der Waals surface area contributed by atoms with Crippen LogP contribution in [0.4, 0.5) is 0 Å². The highest BCUT2D eigenvalue weighted by atomic mass is 16.5. The van der Waals surface area contributed by atoms with Crippen molar-refractivity contribution in [2.75, 3.05) is 35.0 Å². The van der Waals surface area contributed by atoms with Crippen LogP contribution in [0.3, 0.4) is 0 Å². The lowest BCUT2D eigenvalue weighted by molar-refractivity contribution is -0.120. The molecule has 1 aliphatic rings. The molecule has 7 nitrogen and oxygen atoms in total. The Morgan fingerprint density at radius 2 is 1.75 bits per heavy atom. The van der Waals surface area contributed by atoms with Gasteiger partial charge in [-0.05, 0) is 42.2 Å². The summed E-state index contributed by atoms with van der Waals surface area (Å²) in [5.41, 5.74) is 2.58. The van der Waals surface area contributed by atoms with Crippen molar-refractivity contribution < 1.29 is 28.8 Å². The lowest BCUT2D eigenvalue weighted by Crippen LogP contribution is -2.35. The molecule has 1 aliphatic heterocycles. The molecule has 0 saturated heterocycles. The van der Waals surface area contributed by atoms with E-state index in [1.54, 1.807) is 19.1 Å². The molecule has 2 aromatic rings. The number of nitrogens with zero attached hydrogens (tertiary/aromatic N) is 1. The number of methoxy groups -OCH3 is 4. The van der Waals surface area contributed by atoms with Gasteiger partial charge in [0.1, 0.15) is 0 Å². The van der Waals surface area contributed by atoms with Crippen LogP contribution < -0.4 is 18.9 Å². The van der Waals surface area contributed by atoms with Gasteiger partial charge < -0.3 is 29.0 Å². The molecule has 1 heterocycles. The average molecular weight is 387 g/mol. The van der Waals surface area contributed by atoms with Crippen molar-refractivity contribution in [3.8, 4) is 28.7 Å². The van der Waals surface area contributed by atoms with E-state index >= 15 is 0 Å². The van der Waals surface area contributed by atoms with Gasteiger partial charge in [0.2, 0.25) is 12.2 Å². The molecule has 0 spiro atoms. The third kappa shape index (κ3) is 3.40. The van der Waals surface area contributed by atoms with E-state index in [4.69, 9.17) is 18.9 Å². The number of benzene rings is 2. The highest BCUT2D eigenvalue weighted by Crippen LogP contribution is 2.47. The number of aromatic hydroxyl groups is 1. The van der Waals surface area contributed by atoms with Crippen LogP contribution in [-0.2, 0) is 17.6 Å². The van der Waals surface area contributed by atoms with Crippen LogP contribution in [0.5, 0.6) is 28.7 Å². The zero-order valence-electron chi connectivity index (χ0n) is 16.5. The van der Waals surface area contributed by atoms with E-state index in [0.717, 1.165) is 17.5 Å². The van der Waals surface area contributed by atoms with Gasteiger partial charge in [0.15, 0.2) is 23.0 Å². The van der Waals surface area contributed by atoms with Crippen molar-refractivity contribution in [1.29, 1.82) is 0 Å². The lowest BCUT2D eigenvalue weighted by Gasteiger charge is -2.36. The largest absolute Gasteiger partial charge is 0.504 e. The van der Waals surface area contributed by atoms with Gasteiger partial charge in [0, 0.05) is 12.1 Å². The van der Waals surface area contributed by atoms with Crippen molar-refractivity contribution in [2.24, 2.45) is 0 Å². The molecule has 3 rings (SSSR count). The predicted octanol–water partition coefficient (Wildman–Crippen LogP) is 2.72. The van der Waals surface area contributed by atoms with Gasteiger partial charge >= 0.3 is 0 Å². The zero-order chi connectivity index (χ0) is 20.3.